The fraction of sp³-hybridized carbons (Fsp3) is 0.458. The second-order valence-electron chi connectivity index (χ2n) is 8.62. The van der Waals surface area contributed by atoms with Crippen LogP contribution in [0.5, 0.6) is 0 Å². The maximum atomic E-state index is 13.3. The number of amides is 1. The van der Waals surface area contributed by atoms with Gasteiger partial charge in [-0.15, -0.1) is 0 Å². The number of amidine groups is 1. The van der Waals surface area contributed by atoms with Crippen molar-refractivity contribution in [2.75, 3.05) is 34.3 Å². The zero-order valence-corrected chi connectivity index (χ0v) is 20.9. The van der Waals surface area contributed by atoms with E-state index in [2.05, 4.69) is 16.9 Å². The molecule has 33 heavy (non-hydrogen) atoms. The van der Waals surface area contributed by atoms with Crippen molar-refractivity contribution in [1.82, 2.24) is 14.7 Å². The first kappa shape index (κ1) is 23.9. The Morgan fingerprint density at radius 3 is 2.64 bits per heavy atom. The normalized spacial score (nSPS) is 21.5. The van der Waals surface area contributed by atoms with Crippen molar-refractivity contribution in [3.63, 3.8) is 0 Å². The number of likely N-dealkylation sites (tertiary alicyclic amines) is 1. The quantitative estimate of drug-likeness (QED) is 0.583. The number of fused-ring (bicyclic) bond motifs is 1. The van der Waals surface area contributed by atoms with Crippen LogP contribution in [0.15, 0.2) is 51.6 Å². The van der Waals surface area contributed by atoms with Gasteiger partial charge in [-0.2, -0.15) is 0 Å². The molecule has 1 amide bonds. The molecule has 1 aromatic carbocycles. The number of rotatable bonds is 5. The smallest absolute Gasteiger partial charge is 0.338 e. The predicted octanol–water partition coefficient (Wildman–Crippen LogP) is 4.03. The molecule has 0 aliphatic carbocycles. The van der Waals surface area contributed by atoms with Gasteiger partial charge in [0.1, 0.15) is 0 Å². The third-order valence-corrected chi connectivity index (χ3v) is 7.80. The summed E-state index contributed by atoms with van der Waals surface area (Å²) < 4.78 is 5.10. The molecule has 1 fully saturated rings. The Hall–Kier alpha value is -2.29. The minimum Gasteiger partial charge on any atom is -0.466 e. The average Bonchev–Trinajstić information content (AvgIpc) is 3.20. The van der Waals surface area contributed by atoms with Crippen LogP contribution >= 0.6 is 23.4 Å². The second kappa shape index (κ2) is 9.91. The molecule has 3 heterocycles. The highest BCUT2D eigenvalue weighted by Crippen LogP contribution is 2.46. The molecular weight excluding hydrogens is 460 g/mol. The lowest BCUT2D eigenvalue weighted by atomic mass is 9.93. The lowest BCUT2D eigenvalue weighted by Gasteiger charge is -2.38. The van der Waals surface area contributed by atoms with Crippen molar-refractivity contribution in [3.05, 3.63) is 57.2 Å². The Kier molecular flexibility index (Phi) is 7.16. The first-order valence-electron chi connectivity index (χ1n) is 11.0. The summed E-state index contributed by atoms with van der Waals surface area (Å²) in [5.41, 5.74) is 2.60. The molecule has 0 bridgehead atoms. The van der Waals surface area contributed by atoms with E-state index in [-0.39, 0.29) is 18.4 Å². The Morgan fingerprint density at radius 1 is 1.27 bits per heavy atom. The maximum Gasteiger partial charge on any atom is 0.338 e. The van der Waals surface area contributed by atoms with Gasteiger partial charge in [-0.3, -0.25) is 4.79 Å². The second-order valence-corrected chi connectivity index (χ2v) is 9.87. The molecule has 4 rings (SSSR count). The van der Waals surface area contributed by atoms with Crippen molar-refractivity contribution in [2.24, 2.45) is 4.99 Å². The third kappa shape index (κ3) is 4.69. The molecule has 1 atom stereocenters. The summed E-state index contributed by atoms with van der Waals surface area (Å²) in [6.45, 7) is 3.79. The van der Waals surface area contributed by atoms with Crippen molar-refractivity contribution >= 4 is 40.4 Å². The average molecular weight is 489 g/mol. The van der Waals surface area contributed by atoms with E-state index in [0.717, 1.165) is 42.4 Å². The zero-order valence-electron chi connectivity index (χ0n) is 19.4. The number of hydrogen-bond donors (Lipinski definition) is 0. The molecule has 1 saturated heterocycles. The Morgan fingerprint density at radius 2 is 1.97 bits per heavy atom. The summed E-state index contributed by atoms with van der Waals surface area (Å²) in [7, 11) is 5.36. The van der Waals surface area contributed by atoms with Crippen LogP contribution in [0.3, 0.4) is 0 Å². The number of methoxy groups -OCH3 is 1. The van der Waals surface area contributed by atoms with Gasteiger partial charge in [-0.1, -0.05) is 41.6 Å². The molecule has 0 N–H and O–H groups in total. The number of ether oxygens (including phenoxy) is 1. The largest absolute Gasteiger partial charge is 0.466 e. The van der Waals surface area contributed by atoms with Crippen LogP contribution in [-0.4, -0.2) is 72.1 Å². The van der Waals surface area contributed by atoms with Gasteiger partial charge in [-0.25, -0.2) is 9.79 Å². The van der Waals surface area contributed by atoms with E-state index in [9.17, 15) is 9.59 Å². The zero-order chi connectivity index (χ0) is 23.7. The molecule has 0 unspecified atom stereocenters. The number of esters is 1. The van der Waals surface area contributed by atoms with Crippen molar-refractivity contribution in [1.29, 1.82) is 0 Å². The predicted molar refractivity (Wildman–Crippen MR) is 132 cm³/mol. The SMILES string of the molecule is COC(=O)C1=C(C)N=C2SC=C(CC(=O)N(C)C3CCN(C)CC3)N2[C@@H]1c1ccccc1Cl. The summed E-state index contributed by atoms with van der Waals surface area (Å²) in [5.74, 6) is -0.396. The van der Waals surface area contributed by atoms with Gasteiger partial charge >= 0.3 is 5.97 Å². The standard InChI is InChI=1S/C24H29ClN4O3S/c1-15-21(23(31)32-4)22(18-7-5-6-8-19(18)25)29-17(14-33-24(29)26-15)13-20(30)28(3)16-9-11-27(2)12-10-16/h5-8,14,16,22H,9-13H2,1-4H3/t22-/m1/s1. The minimum absolute atomic E-state index is 0.0569. The van der Waals surface area contributed by atoms with Crippen LogP contribution in [0.2, 0.25) is 5.02 Å². The Balaban J connectivity index is 1.63. The summed E-state index contributed by atoms with van der Waals surface area (Å²) in [5, 5.41) is 3.23. The van der Waals surface area contributed by atoms with Gasteiger partial charge in [0.05, 0.1) is 30.8 Å². The van der Waals surface area contributed by atoms with E-state index in [1.165, 1.54) is 18.9 Å². The fourth-order valence-corrected chi connectivity index (χ4v) is 5.80. The van der Waals surface area contributed by atoms with Gasteiger partial charge in [0.25, 0.3) is 0 Å². The van der Waals surface area contributed by atoms with E-state index in [1.54, 1.807) is 13.0 Å². The van der Waals surface area contributed by atoms with Gasteiger partial charge in [0.15, 0.2) is 5.17 Å². The van der Waals surface area contributed by atoms with E-state index in [0.29, 0.717) is 16.3 Å². The number of hydrogen-bond acceptors (Lipinski definition) is 7. The van der Waals surface area contributed by atoms with Crippen molar-refractivity contribution < 1.29 is 14.3 Å². The summed E-state index contributed by atoms with van der Waals surface area (Å²) in [6, 6.07) is 7.18. The lowest BCUT2D eigenvalue weighted by molar-refractivity contribution is -0.136. The number of aliphatic imine (C=N–C) groups is 1. The maximum absolute atomic E-state index is 13.3. The molecule has 7 nitrogen and oxygen atoms in total. The minimum atomic E-state index is -0.513. The number of halogens is 1. The molecule has 0 spiro atoms. The van der Waals surface area contributed by atoms with Crippen LogP contribution in [0.1, 0.15) is 37.8 Å². The number of carbonyl (C=O) groups excluding carboxylic acids is 2. The highest BCUT2D eigenvalue weighted by Gasteiger charge is 2.42. The van der Waals surface area contributed by atoms with Crippen molar-refractivity contribution in [2.45, 2.75) is 38.3 Å². The molecule has 176 valence electrons. The topological polar surface area (TPSA) is 65.5 Å². The molecule has 3 aliphatic heterocycles. The lowest BCUT2D eigenvalue weighted by Crippen LogP contribution is -2.45. The third-order valence-electron chi connectivity index (χ3n) is 6.57. The highest BCUT2D eigenvalue weighted by molar-refractivity contribution is 8.16. The van der Waals surface area contributed by atoms with Gasteiger partial charge in [0.2, 0.25) is 5.91 Å². The highest BCUT2D eigenvalue weighted by atomic mass is 35.5. The van der Waals surface area contributed by atoms with Crippen LogP contribution in [-0.2, 0) is 14.3 Å². The van der Waals surface area contributed by atoms with Gasteiger partial charge in [0, 0.05) is 23.8 Å². The molecule has 0 radical (unpaired) electrons. The molecule has 3 aliphatic rings. The summed E-state index contributed by atoms with van der Waals surface area (Å²) in [4.78, 5) is 36.9. The Bertz CT molecular complexity index is 1050. The summed E-state index contributed by atoms with van der Waals surface area (Å²) >= 11 is 8.04. The van der Waals surface area contributed by atoms with E-state index in [1.807, 2.05) is 40.5 Å². The number of nitrogens with zero attached hydrogens (tertiary/aromatic N) is 4. The number of thioether (sulfide) groups is 1. The van der Waals surface area contributed by atoms with Gasteiger partial charge < -0.3 is 19.4 Å². The van der Waals surface area contributed by atoms with E-state index >= 15 is 0 Å². The number of benzene rings is 1. The van der Waals surface area contributed by atoms with Crippen LogP contribution in [0.4, 0.5) is 0 Å². The molecule has 9 heteroatoms. The van der Waals surface area contributed by atoms with Crippen LogP contribution in [0.25, 0.3) is 0 Å². The van der Waals surface area contributed by atoms with Crippen LogP contribution < -0.4 is 0 Å². The fourth-order valence-electron chi connectivity index (χ4n) is 4.60. The van der Waals surface area contributed by atoms with E-state index in [4.69, 9.17) is 16.3 Å². The Labute approximate surface area is 204 Å². The molecule has 0 saturated carbocycles. The molecule has 1 aromatic rings. The van der Waals surface area contributed by atoms with E-state index < -0.39 is 12.0 Å². The molecule has 0 aromatic heterocycles. The monoisotopic (exact) mass is 488 g/mol. The van der Waals surface area contributed by atoms with Crippen LogP contribution in [0, 0.1) is 0 Å². The first-order chi connectivity index (χ1) is 15.8. The number of carbonyl (C=O) groups is 2. The molecular formula is C24H29ClN4O3S. The van der Waals surface area contributed by atoms with Crippen molar-refractivity contribution in [3.8, 4) is 0 Å². The summed E-state index contributed by atoms with van der Waals surface area (Å²) in [6.07, 6.45) is 2.17. The first-order valence-corrected chi connectivity index (χ1v) is 12.3. The number of allylic oxidation sites excluding steroid dienone is 1. The van der Waals surface area contributed by atoms with Gasteiger partial charge in [-0.05, 0) is 56.9 Å². The number of piperidine rings is 1.